The molecule has 0 saturated heterocycles. The standard InChI is InChI=1S/C15H30BNO3/c1-12(2)9-11(10-13(3,4)17-12)16(19)20-15(7,8)14(5,6)18/h9,17-19H,10H2,1-8H3. The highest BCUT2D eigenvalue weighted by atomic mass is 16.5. The Balaban J connectivity index is 2.93. The molecule has 0 atom stereocenters. The van der Waals surface area contributed by atoms with E-state index >= 15 is 0 Å². The molecule has 0 aliphatic carbocycles. The van der Waals surface area contributed by atoms with E-state index in [1.165, 1.54) is 0 Å². The van der Waals surface area contributed by atoms with Crippen molar-refractivity contribution >= 4 is 7.12 Å². The van der Waals surface area contributed by atoms with Crippen LogP contribution in [0.15, 0.2) is 11.5 Å². The van der Waals surface area contributed by atoms with Gasteiger partial charge in [-0.05, 0) is 67.3 Å². The van der Waals surface area contributed by atoms with Gasteiger partial charge in [-0.15, -0.1) is 0 Å². The smallest absolute Gasteiger partial charge is 0.423 e. The molecule has 1 aliphatic rings. The van der Waals surface area contributed by atoms with Crippen LogP contribution in [0.3, 0.4) is 0 Å². The number of aliphatic hydroxyl groups is 1. The van der Waals surface area contributed by atoms with Gasteiger partial charge < -0.3 is 20.1 Å². The van der Waals surface area contributed by atoms with Crippen molar-refractivity contribution < 1.29 is 14.8 Å². The Morgan fingerprint density at radius 1 is 1.20 bits per heavy atom. The van der Waals surface area contributed by atoms with Gasteiger partial charge in [-0.1, -0.05) is 6.08 Å². The minimum Gasteiger partial charge on any atom is -0.423 e. The monoisotopic (exact) mass is 283 g/mol. The number of hydrogen-bond acceptors (Lipinski definition) is 4. The van der Waals surface area contributed by atoms with E-state index in [0.29, 0.717) is 6.42 Å². The first kappa shape index (κ1) is 17.7. The molecule has 1 rings (SSSR count). The molecule has 4 nitrogen and oxygen atoms in total. The topological polar surface area (TPSA) is 61.7 Å². The zero-order valence-electron chi connectivity index (χ0n) is 14.2. The van der Waals surface area contributed by atoms with Gasteiger partial charge in [0.05, 0.1) is 11.2 Å². The zero-order valence-corrected chi connectivity index (χ0v) is 14.2. The Morgan fingerprint density at radius 3 is 2.10 bits per heavy atom. The fourth-order valence-electron chi connectivity index (χ4n) is 2.63. The van der Waals surface area contributed by atoms with E-state index in [4.69, 9.17) is 4.65 Å². The third-order valence-electron chi connectivity index (χ3n) is 4.05. The first-order valence-corrected chi connectivity index (χ1v) is 7.24. The van der Waals surface area contributed by atoms with Gasteiger partial charge in [-0.2, -0.15) is 0 Å². The molecule has 0 radical (unpaired) electrons. The zero-order chi connectivity index (χ0) is 16.0. The predicted octanol–water partition coefficient (Wildman–Crippen LogP) is 2.05. The van der Waals surface area contributed by atoms with E-state index in [9.17, 15) is 10.1 Å². The summed E-state index contributed by atoms with van der Waals surface area (Å²) in [5, 5.41) is 24.1. The lowest BCUT2D eigenvalue weighted by molar-refractivity contribution is -0.0991. The van der Waals surface area contributed by atoms with Crippen molar-refractivity contribution in [2.75, 3.05) is 0 Å². The Morgan fingerprint density at radius 2 is 1.70 bits per heavy atom. The number of hydrogen-bond donors (Lipinski definition) is 3. The minimum atomic E-state index is -1.04. The van der Waals surface area contributed by atoms with Crippen LogP contribution in [0.1, 0.15) is 61.8 Å². The van der Waals surface area contributed by atoms with Crippen LogP contribution in [0.2, 0.25) is 0 Å². The lowest BCUT2D eigenvalue weighted by Crippen LogP contribution is -2.57. The fraction of sp³-hybridized carbons (Fsp3) is 0.867. The molecule has 0 aromatic carbocycles. The van der Waals surface area contributed by atoms with Gasteiger partial charge >= 0.3 is 7.12 Å². The van der Waals surface area contributed by atoms with E-state index in [2.05, 4.69) is 33.0 Å². The van der Waals surface area contributed by atoms with Gasteiger partial charge in [-0.25, -0.2) is 0 Å². The summed E-state index contributed by atoms with van der Waals surface area (Å²) in [5.41, 5.74) is -1.31. The molecule has 0 unspecified atom stereocenters. The van der Waals surface area contributed by atoms with Crippen LogP contribution in [-0.4, -0.2) is 39.5 Å². The van der Waals surface area contributed by atoms with Crippen LogP contribution in [0.4, 0.5) is 0 Å². The van der Waals surface area contributed by atoms with Crippen molar-refractivity contribution in [3.63, 3.8) is 0 Å². The number of nitrogens with one attached hydrogen (secondary N) is 1. The molecule has 1 heterocycles. The van der Waals surface area contributed by atoms with Gasteiger partial charge in [-0.3, -0.25) is 0 Å². The van der Waals surface area contributed by atoms with Crippen molar-refractivity contribution in [2.24, 2.45) is 0 Å². The van der Waals surface area contributed by atoms with Gasteiger partial charge in [0.25, 0.3) is 0 Å². The second-order valence-corrected chi connectivity index (χ2v) is 8.17. The summed E-state index contributed by atoms with van der Waals surface area (Å²) in [4.78, 5) is 0. The van der Waals surface area contributed by atoms with E-state index < -0.39 is 18.3 Å². The van der Waals surface area contributed by atoms with Gasteiger partial charge in [0.2, 0.25) is 0 Å². The van der Waals surface area contributed by atoms with Crippen molar-refractivity contribution in [3.05, 3.63) is 11.5 Å². The summed E-state index contributed by atoms with van der Waals surface area (Å²) in [6.07, 6.45) is 2.73. The normalized spacial score (nSPS) is 22.4. The Hall–Kier alpha value is -0.355. The molecule has 116 valence electrons. The highest BCUT2D eigenvalue weighted by Crippen LogP contribution is 2.32. The Bertz CT molecular complexity index is 394. The highest BCUT2D eigenvalue weighted by molar-refractivity contribution is 6.52. The number of rotatable bonds is 4. The summed E-state index contributed by atoms with van der Waals surface area (Å²) in [6, 6.07) is 0. The van der Waals surface area contributed by atoms with Crippen molar-refractivity contribution in [1.82, 2.24) is 5.32 Å². The van der Waals surface area contributed by atoms with Crippen LogP contribution in [-0.2, 0) is 4.65 Å². The second-order valence-electron chi connectivity index (χ2n) is 8.17. The molecule has 0 aromatic rings. The van der Waals surface area contributed by atoms with E-state index in [1.54, 1.807) is 27.7 Å². The van der Waals surface area contributed by atoms with Crippen LogP contribution in [0.5, 0.6) is 0 Å². The Kier molecular flexibility index (Phi) is 4.54. The molecule has 1 aliphatic heterocycles. The van der Waals surface area contributed by atoms with Gasteiger partial charge in [0.1, 0.15) is 0 Å². The van der Waals surface area contributed by atoms with Gasteiger partial charge in [0, 0.05) is 11.1 Å². The van der Waals surface area contributed by atoms with Crippen molar-refractivity contribution in [3.8, 4) is 0 Å². The Labute approximate surface area is 123 Å². The molecule has 0 fully saturated rings. The molecule has 0 bridgehead atoms. The molecular weight excluding hydrogens is 253 g/mol. The molecule has 5 heteroatoms. The maximum atomic E-state index is 10.4. The molecule has 0 spiro atoms. The largest absolute Gasteiger partial charge is 0.487 e. The lowest BCUT2D eigenvalue weighted by Gasteiger charge is -2.43. The predicted molar refractivity (Wildman–Crippen MR) is 83.4 cm³/mol. The highest BCUT2D eigenvalue weighted by Gasteiger charge is 2.43. The molecule has 0 saturated carbocycles. The first-order valence-electron chi connectivity index (χ1n) is 7.24. The van der Waals surface area contributed by atoms with Crippen molar-refractivity contribution in [1.29, 1.82) is 0 Å². The second kappa shape index (κ2) is 5.13. The van der Waals surface area contributed by atoms with Crippen LogP contribution >= 0.6 is 0 Å². The average Bonchev–Trinajstić information content (AvgIpc) is 2.09. The summed E-state index contributed by atoms with van der Waals surface area (Å²) >= 11 is 0. The van der Waals surface area contributed by atoms with E-state index in [1.807, 2.05) is 6.08 Å². The minimum absolute atomic E-state index is 0.100. The molecule has 0 aromatic heterocycles. The van der Waals surface area contributed by atoms with Crippen LogP contribution in [0.25, 0.3) is 0 Å². The lowest BCUT2D eigenvalue weighted by atomic mass is 9.67. The van der Waals surface area contributed by atoms with E-state index in [0.717, 1.165) is 5.47 Å². The summed E-state index contributed by atoms with van der Waals surface area (Å²) < 4.78 is 5.74. The molecule has 20 heavy (non-hydrogen) atoms. The van der Waals surface area contributed by atoms with Crippen LogP contribution < -0.4 is 5.32 Å². The molecule has 0 amide bonds. The quantitative estimate of drug-likeness (QED) is 0.691. The third-order valence-corrected chi connectivity index (χ3v) is 4.05. The molecule has 3 N–H and O–H groups in total. The van der Waals surface area contributed by atoms with Crippen LogP contribution in [0, 0.1) is 0 Å². The SMILES string of the molecule is CC1(C)C=C(B(O)OC(C)(C)C(C)(C)O)CC(C)(C)N1. The summed E-state index contributed by atoms with van der Waals surface area (Å²) in [6.45, 7) is 15.3. The molecular formula is C15H30BNO3. The third kappa shape index (κ3) is 4.32. The fourth-order valence-corrected chi connectivity index (χ4v) is 2.63. The maximum absolute atomic E-state index is 10.4. The van der Waals surface area contributed by atoms with E-state index in [-0.39, 0.29) is 11.1 Å². The summed E-state index contributed by atoms with van der Waals surface area (Å²) in [7, 11) is -1.00. The van der Waals surface area contributed by atoms with Gasteiger partial charge in [0.15, 0.2) is 0 Å². The first-order chi connectivity index (χ1) is 8.65. The maximum Gasteiger partial charge on any atom is 0.487 e. The summed E-state index contributed by atoms with van der Waals surface area (Å²) in [5.74, 6) is 0. The average molecular weight is 283 g/mol. The van der Waals surface area contributed by atoms with Crippen molar-refractivity contribution in [2.45, 2.75) is 84.1 Å².